The number of amides is 1. The van der Waals surface area contributed by atoms with Gasteiger partial charge in [0.25, 0.3) is 11.7 Å². The molecule has 1 atom stereocenters. The number of fused-ring (bicyclic) bond motifs is 2. The molecule has 1 amide bonds. The lowest BCUT2D eigenvalue weighted by atomic mass is 9.94. The second-order valence-corrected chi connectivity index (χ2v) is 8.80. The van der Waals surface area contributed by atoms with Gasteiger partial charge in [-0.25, -0.2) is 0 Å². The van der Waals surface area contributed by atoms with Crippen LogP contribution in [0.3, 0.4) is 0 Å². The largest absolute Gasteiger partial charge is 0.507 e. The number of rotatable bonds is 6. The first-order valence-corrected chi connectivity index (χ1v) is 11.8. The Morgan fingerprint density at radius 2 is 1.71 bits per heavy atom. The number of aliphatic hydroxyl groups is 1. The normalized spacial score (nSPS) is 18.7. The van der Waals surface area contributed by atoms with Gasteiger partial charge in [-0.15, -0.1) is 0 Å². The van der Waals surface area contributed by atoms with E-state index in [1.54, 1.807) is 54.6 Å². The molecule has 0 unspecified atom stereocenters. The molecule has 3 aromatic carbocycles. The first-order valence-electron chi connectivity index (χ1n) is 11.8. The maximum atomic E-state index is 13.5. The Hall–Kier alpha value is -4.86. The van der Waals surface area contributed by atoms with Crippen molar-refractivity contribution < 1.29 is 43.1 Å². The van der Waals surface area contributed by atoms with Crippen molar-refractivity contribution in [2.24, 2.45) is 0 Å². The van der Waals surface area contributed by atoms with E-state index in [-0.39, 0.29) is 31.5 Å². The Morgan fingerprint density at radius 3 is 2.53 bits per heavy atom. The quantitative estimate of drug-likeness (QED) is 0.296. The lowest BCUT2D eigenvalue weighted by Gasteiger charge is -2.26. The minimum atomic E-state index is -0.949. The van der Waals surface area contributed by atoms with Gasteiger partial charge in [0.05, 0.1) is 25.8 Å². The molecule has 0 spiro atoms. The van der Waals surface area contributed by atoms with Crippen LogP contribution in [0.5, 0.6) is 34.5 Å². The van der Waals surface area contributed by atoms with E-state index in [2.05, 4.69) is 0 Å². The van der Waals surface area contributed by atoms with Crippen LogP contribution in [0.1, 0.15) is 22.7 Å². The molecule has 1 fully saturated rings. The molecule has 1 N–H and O–H groups in total. The highest BCUT2D eigenvalue weighted by Gasteiger charge is 2.47. The molecular formula is C28H23NO9. The van der Waals surface area contributed by atoms with Crippen LogP contribution in [0.4, 0.5) is 0 Å². The third-order valence-electron chi connectivity index (χ3n) is 6.67. The SMILES string of the molecule is COc1cccc(C(O)=C2C(=O)C(=O)N(Cc3ccc4c(c3)OCO4)[C@@H]2c2cc(OC)c3c(c2)OCO3)c1. The van der Waals surface area contributed by atoms with Crippen molar-refractivity contribution in [1.29, 1.82) is 0 Å². The number of carbonyl (C=O) groups is 2. The fraction of sp³-hybridized carbons (Fsp3) is 0.214. The second-order valence-electron chi connectivity index (χ2n) is 8.80. The number of hydrogen-bond acceptors (Lipinski definition) is 9. The average Bonchev–Trinajstić information content (AvgIpc) is 3.67. The number of ether oxygens (including phenoxy) is 6. The summed E-state index contributed by atoms with van der Waals surface area (Å²) in [5.74, 6) is 0.974. The van der Waals surface area contributed by atoms with E-state index < -0.39 is 17.7 Å². The molecule has 38 heavy (non-hydrogen) atoms. The van der Waals surface area contributed by atoms with Gasteiger partial charge < -0.3 is 38.4 Å². The molecule has 0 saturated carbocycles. The van der Waals surface area contributed by atoms with E-state index in [0.29, 0.717) is 45.6 Å². The van der Waals surface area contributed by atoms with Crippen molar-refractivity contribution in [1.82, 2.24) is 4.90 Å². The molecule has 1 saturated heterocycles. The zero-order chi connectivity index (χ0) is 26.4. The third-order valence-corrected chi connectivity index (χ3v) is 6.67. The van der Waals surface area contributed by atoms with Gasteiger partial charge in [0.15, 0.2) is 23.0 Å². The molecular weight excluding hydrogens is 494 g/mol. The first kappa shape index (κ1) is 23.5. The van der Waals surface area contributed by atoms with Gasteiger partial charge in [-0.3, -0.25) is 9.59 Å². The number of carbonyl (C=O) groups excluding carboxylic acids is 2. The minimum Gasteiger partial charge on any atom is -0.507 e. The Kier molecular flexibility index (Phi) is 5.71. The Bertz CT molecular complexity index is 1500. The summed E-state index contributed by atoms with van der Waals surface area (Å²) >= 11 is 0. The van der Waals surface area contributed by atoms with Gasteiger partial charge in [0.1, 0.15) is 11.5 Å². The van der Waals surface area contributed by atoms with Crippen molar-refractivity contribution in [3.05, 3.63) is 76.9 Å². The van der Waals surface area contributed by atoms with Crippen LogP contribution >= 0.6 is 0 Å². The molecule has 3 aliphatic heterocycles. The number of hydrogen-bond donors (Lipinski definition) is 1. The lowest BCUT2D eigenvalue weighted by molar-refractivity contribution is -0.140. The van der Waals surface area contributed by atoms with Crippen LogP contribution in [-0.2, 0) is 16.1 Å². The Labute approximate surface area is 217 Å². The number of likely N-dealkylation sites (tertiary alicyclic amines) is 1. The van der Waals surface area contributed by atoms with Gasteiger partial charge in [-0.2, -0.15) is 0 Å². The van der Waals surface area contributed by atoms with Crippen LogP contribution in [0.15, 0.2) is 60.2 Å². The minimum absolute atomic E-state index is 0.0103. The van der Waals surface area contributed by atoms with Gasteiger partial charge in [-0.05, 0) is 47.5 Å². The standard InChI is InChI=1S/C28H23NO9/c1-33-18-5-3-4-16(9-18)25(30)23-24(17-10-21(34-2)27-22(11-17)37-14-38-27)29(28(32)26(23)31)12-15-6-7-19-20(8-15)36-13-35-19/h3-11,24,30H,12-14H2,1-2H3/t24-/m1/s1. The van der Waals surface area contributed by atoms with Crippen LogP contribution < -0.4 is 28.4 Å². The van der Waals surface area contributed by atoms with Gasteiger partial charge in [0, 0.05) is 12.1 Å². The Morgan fingerprint density at radius 1 is 0.921 bits per heavy atom. The van der Waals surface area contributed by atoms with E-state index in [0.717, 1.165) is 5.56 Å². The van der Waals surface area contributed by atoms with Crippen LogP contribution in [0, 0.1) is 0 Å². The van der Waals surface area contributed by atoms with Crippen LogP contribution in [-0.4, -0.2) is 49.5 Å². The molecule has 3 aromatic rings. The second kappa shape index (κ2) is 9.22. The predicted molar refractivity (Wildman–Crippen MR) is 133 cm³/mol. The highest BCUT2D eigenvalue weighted by molar-refractivity contribution is 6.46. The van der Waals surface area contributed by atoms with Gasteiger partial charge >= 0.3 is 0 Å². The molecule has 0 aliphatic carbocycles. The summed E-state index contributed by atoms with van der Waals surface area (Å²) in [6.07, 6.45) is 0. The third kappa shape index (κ3) is 3.81. The van der Waals surface area contributed by atoms with E-state index in [1.165, 1.54) is 19.1 Å². The number of methoxy groups -OCH3 is 2. The number of Topliss-reactive ketones (excluding diaryl/α,β-unsaturated/α-hetero) is 1. The van der Waals surface area contributed by atoms with Gasteiger partial charge in [-0.1, -0.05) is 18.2 Å². The maximum Gasteiger partial charge on any atom is 0.295 e. The molecule has 194 valence electrons. The van der Waals surface area contributed by atoms with Crippen molar-refractivity contribution in [2.75, 3.05) is 27.8 Å². The average molecular weight is 517 g/mol. The van der Waals surface area contributed by atoms with Crippen LogP contribution in [0.2, 0.25) is 0 Å². The molecule has 6 rings (SSSR count). The van der Waals surface area contributed by atoms with Crippen molar-refractivity contribution in [3.8, 4) is 34.5 Å². The number of benzene rings is 3. The van der Waals surface area contributed by atoms with Crippen LogP contribution in [0.25, 0.3) is 5.76 Å². The summed E-state index contributed by atoms with van der Waals surface area (Å²) in [7, 11) is 2.99. The summed E-state index contributed by atoms with van der Waals surface area (Å²) < 4.78 is 32.8. The van der Waals surface area contributed by atoms with Crippen molar-refractivity contribution in [3.63, 3.8) is 0 Å². The summed E-state index contributed by atoms with van der Waals surface area (Å²) in [6, 6.07) is 14.4. The van der Waals surface area contributed by atoms with E-state index >= 15 is 0 Å². The van der Waals surface area contributed by atoms with Crippen molar-refractivity contribution >= 4 is 17.4 Å². The Balaban J connectivity index is 1.50. The number of ketones is 1. The lowest BCUT2D eigenvalue weighted by Crippen LogP contribution is -2.29. The van der Waals surface area contributed by atoms with E-state index in [9.17, 15) is 14.7 Å². The van der Waals surface area contributed by atoms with Crippen molar-refractivity contribution in [2.45, 2.75) is 12.6 Å². The summed E-state index contributed by atoms with van der Waals surface area (Å²) in [4.78, 5) is 28.3. The number of nitrogens with zero attached hydrogens (tertiary/aromatic N) is 1. The highest BCUT2D eigenvalue weighted by atomic mass is 16.7. The fourth-order valence-electron chi connectivity index (χ4n) is 4.86. The molecule has 3 aliphatic rings. The smallest absolute Gasteiger partial charge is 0.295 e. The molecule has 10 heteroatoms. The number of aliphatic hydroxyl groups excluding tert-OH is 1. The zero-order valence-corrected chi connectivity index (χ0v) is 20.6. The summed E-state index contributed by atoms with van der Waals surface area (Å²) in [6.45, 7) is 0.189. The summed E-state index contributed by atoms with van der Waals surface area (Å²) in [5.41, 5.74) is 1.50. The molecule has 3 heterocycles. The zero-order valence-electron chi connectivity index (χ0n) is 20.6. The molecule has 0 bridgehead atoms. The monoisotopic (exact) mass is 517 g/mol. The fourth-order valence-corrected chi connectivity index (χ4v) is 4.86. The topological polar surface area (TPSA) is 113 Å². The highest BCUT2D eigenvalue weighted by Crippen LogP contribution is 2.48. The van der Waals surface area contributed by atoms with E-state index in [1.807, 2.05) is 0 Å². The predicted octanol–water partition coefficient (Wildman–Crippen LogP) is 3.78. The molecule has 0 radical (unpaired) electrons. The molecule has 10 nitrogen and oxygen atoms in total. The first-order chi connectivity index (χ1) is 18.5. The van der Waals surface area contributed by atoms with E-state index in [4.69, 9.17) is 28.4 Å². The van der Waals surface area contributed by atoms with Gasteiger partial charge in [0.2, 0.25) is 19.3 Å². The summed E-state index contributed by atoms with van der Waals surface area (Å²) in [5, 5.41) is 11.4. The molecule has 0 aromatic heterocycles. The maximum absolute atomic E-state index is 13.5.